The standard InChI is InChI=1S/C19H17FN4O3S/c1-3-17-22-23-19(28)24(17)21-11-12-8-9-15(16(10-12)26-2)27-18(25)13-6-4-5-7-14(13)20/h4-11H,3H2,1-2H3,(H,23,28)/b21-11+. The molecule has 3 rings (SSSR count). The fraction of sp³-hybridized carbons (Fsp3) is 0.158. The molecule has 0 aliphatic carbocycles. The highest BCUT2D eigenvalue weighted by molar-refractivity contribution is 7.71. The van der Waals surface area contributed by atoms with Crippen molar-refractivity contribution in [3.05, 3.63) is 70.0 Å². The molecule has 0 aliphatic heterocycles. The lowest BCUT2D eigenvalue weighted by Crippen LogP contribution is -2.11. The van der Waals surface area contributed by atoms with E-state index in [1.807, 2.05) is 6.92 Å². The van der Waals surface area contributed by atoms with Crippen molar-refractivity contribution < 1.29 is 18.7 Å². The van der Waals surface area contributed by atoms with Crippen LogP contribution in [0.3, 0.4) is 0 Å². The molecule has 3 aromatic rings. The van der Waals surface area contributed by atoms with Crippen molar-refractivity contribution in [3.8, 4) is 11.5 Å². The molecule has 1 heterocycles. The molecule has 9 heteroatoms. The number of aromatic nitrogens is 3. The zero-order valence-electron chi connectivity index (χ0n) is 15.2. The van der Waals surface area contributed by atoms with Gasteiger partial charge in [-0.1, -0.05) is 19.1 Å². The van der Waals surface area contributed by atoms with Gasteiger partial charge in [-0.25, -0.2) is 9.18 Å². The minimum Gasteiger partial charge on any atom is -0.493 e. The van der Waals surface area contributed by atoms with Crippen molar-refractivity contribution >= 4 is 24.4 Å². The Hall–Kier alpha value is -3.33. The lowest BCUT2D eigenvalue weighted by atomic mass is 10.2. The van der Waals surface area contributed by atoms with Crippen LogP contribution in [0.15, 0.2) is 47.6 Å². The molecule has 0 saturated heterocycles. The first-order chi connectivity index (χ1) is 13.5. The Morgan fingerprint density at radius 3 is 2.82 bits per heavy atom. The molecule has 0 amide bonds. The topological polar surface area (TPSA) is 81.5 Å². The number of hydrogen-bond acceptors (Lipinski definition) is 6. The lowest BCUT2D eigenvalue weighted by molar-refractivity contribution is 0.0725. The zero-order chi connectivity index (χ0) is 20.1. The first-order valence-electron chi connectivity index (χ1n) is 8.39. The van der Waals surface area contributed by atoms with Crippen molar-refractivity contribution in [1.29, 1.82) is 0 Å². The van der Waals surface area contributed by atoms with Crippen LogP contribution in [0, 0.1) is 10.6 Å². The number of H-pyrrole nitrogens is 1. The summed E-state index contributed by atoms with van der Waals surface area (Å²) >= 11 is 5.15. The third kappa shape index (κ3) is 4.15. The number of nitrogens with zero attached hydrogens (tertiary/aromatic N) is 3. The molecular formula is C19H17FN4O3S. The summed E-state index contributed by atoms with van der Waals surface area (Å²) in [6.07, 6.45) is 2.24. The van der Waals surface area contributed by atoms with Gasteiger partial charge >= 0.3 is 5.97 Å². The summed E-state index contributed by atoms with van der Waals surface area (Å²) in [5.74, 6) is -0.292. The molecule has 0 unspecified atom stereocenters. The van der Waals surface area contributed by atoms with Crippen LogP contribution in [-0.4, -0.2) is 34.2 Å². The van der Waals surface area contributed by atoms with Crippen molar-refractivity contribution in [3.63, 3.8) is 0 Å². The van der Waals surface area contributed by atoms with E-state index in [1.54, 1.807) is 30.5 Å². The van der Waals surface area contributed by atoms with E-state index in [-0.39, 0.29) is 11.3 Å². The van der Waals surface area contributed by atoms with E-state index < -0.39 is 11.8 Å². The van der Waals surface area contributed by atoms with E-state index in [0.717, 1.165) is 0 Å². The second kappa shape index (κ2) is 8.57. The van der Waals surface area contributed by atoms with Crippen LogP contribution < -0.4 is 9.47 Å². The number of aryl methyl sites for hydroxylation is 1. The number of aromatic amines is 1. The maximum atomic E-state index is 13.8. The number of esters is 1. The molecule has 2 aromatic carbocycles. The van der Waals surface area contributed by atoms with Gasteiger partial charge in [-0.15, -0.1) is 0 Å². The predicted octanol–water partition coefficient (Wildman–Crippen LogP) is 3.75. The SMILES string of the molecule is CCc1n[nH]c(=S)n1/N=C/c1ccc(OC(=O)c2ccccc2F)c(OC)c1. The molecule has 0 radical (unpaired) electrons. The second-order valence-corrected chi connectivity index (χ2v) is 6.02. The van der Waals surface area contributed by atoms with Gasteiger partial charge in [-0.2, -0.15) is 14.9 Å². The van der Waals surface area contributed by atoms with Gasteiger partial charge in [0.05, 0.1) is 18.9 Å². The normalized spacial score (nSPS) is 11.0. The largest absolute Gasteiger partial charge is 0.493 e. The molecular weight excluding hydrogens is 383 g/mol. The number of hydrogen-bond donors (Lipinski definition) is 1. The Balaban J connectivity index is 1.83. The van der Waals surface area contributed by atoms with Gasteiger partial charge in [-0.05, 0) is 48.1 Å². The average Bonchev–Trinajstić information content (AvgIpc) is 3.07. The Bertz CT molecular complexity index is 1090. The number of benzene rings is 2. The van der Waals surface area contributed by atoms with Crippen molar-refractivity contribution in [2.75, 3.05) is 7.11 Å². The highest BCUT2D eigenvalue weighted by Crippen LogP contribution is 2.28. The van der Waals surface area contributed by atoms with Gasteiger partial charge in [-0.3, -0.25) is 5.10 Å². The molecule has 1 aromatic heterocycles. The third-order valence-corrected chi connectivity index (χ3v) is 4.10. The Labute approximate surface area is 165 Å². The summed E-state index contributed by atoms with van der Waals surface area (Å²) in [4.78, 5) is 12.2. The number of halogens is 1. The molecule has 144 valence electrons. The first kappa shape index (κ1) is 19.4. The molecule has 0 aliphatic rings. The van der Waals surface area contributed by atoms with E-state index in [0.29, 0.717) is 28.3 Å². The Morgan fingerprint density at radius 1 is 1.32 bits per heavy atom. The van der Waals surface area contributed by atoms with Crippen LogP contribution >= 0.6 is 12.2 Å². The zero-order valence-corrected chi connectivity index (χ0v) is 16.0. The molecule has 7 nitrogen and oxygen atoms in total. The van der Waals surface area contributed by atoms with Crippen LogP contribution in [-0.2, 0) is 6.42 Å². The highest BCUT2D eigenvalue weighted by atomic mass is 32.1. The monoisotopic (exact) mass is 400 g/mol. The average molecular weight is 400 g/mol. The number of carbonyl (C=O) groups is 1. The summed E-state index contributed by atoms with van der Waals surface area (Å²) in [6.45, 7) is 1.94. The van der Waals surface area contributed by atoms with Gasteiger partial charge in [0, 0.05) is 6.42 Å². The molecule has 0 saturated carbocycles. The van der Waals surface area contributed by atoms with Crippen molar-refractivity contribution in [1.82, 2.24) is 14.9 Å². The smallest absolute Gasteiger partial charge is 0.346 e. The van der Waals surface area contributed by atoms with Crippen LogP contribution in [0.5, 0.6) is 11.5 Å². The number of nitrogens with one attached hydrogen (secondary N) is 1. The van der Waals surface area contributed by atoms with E-state index in [4.69, 9.17) is 21.7 Å². The summed E-state index contributed by atoms with van der Waals surface area (Å²) in [5, 5.41) is 11.1. The summed E-state index contributed by atoms with van der Waals surface area (Å²) in [5.41, 5.74) is 0.532. The van der Waals surface area contributed by atoms with Crippen LogP contribution in [0.4, 0.5) is 4.39 Å². The van der Waals surface area contributed by atoms with Gasteiger partial charge in [0.1, 0.15) is 5.82 Å². The second-order valence-electron chi connectivity index (χ2n) is 5.63. The summed E-state index contributed by atoms with van der Waals surface area (Å²) < 4.78 is 26.2. The van der Waals surface area contributed by atoms with Gasteiger partial charge in [0.2, 0.25) is 4.77 Å². The van der Waals surface area contributed by atoms with E-state index >= 15 is 0 Å². The van der Waals surface area contributed by atoms with Crippen molar-refractivity contribution in [2.45, 2.75) is 13.3 Å². The Morgan fingerprint density at radius 2 is 2.11 bits per heavy atom. The molecule has 0 spiro atoms. The van der Waals surface area contributed by atoms with E-state index in [9.17, 15) is 9.18 Å². The van der Waals surface area contributed by atoms with Crippen molar-refractivity contribution in [2.24, 2.45) is 5.10 Å². The predicted molar refractivity (Wildman–Crippen MR) is 104 cm³/mol. The first-order valence-corrected chi connectivity index (χ1v) is 8.79. The fourth-order valence-electron chi connectivity index (χ4n) is 2.43. The minimum atomic E-state index is -0.810. The summed E-state index contributed by atoms with van der Waals surface area (Å²) in [6, 6.07) is 10.5. The molecule has 28 heavy (non-hydrogen) atoms. The van der Waals surface area contributed by atoms with Gasteiger partial charge < -0.3 is 9.47 Å². The maximum Gasteiger partial charge on any atom is 0.346 e. The van der Waals surface area contributed by atoms with Gasteiger partial charge in [0.25, 0.3) is 0 Å². The number of methoxy groups -OCH3 is 1. The fourth-order valence-corrected chi connectivity index (χ4v) is 2.63. The molecule has 0 fully saturated rings. The Kier molecular flexibility index (Phi) is 5.95. The van der Waals surface area contributed by atoms with E-state index in [2.05, 4.69) is 15.3 Å². The van der Waals surface area contributed by atoms with Crippen LogP contribution in [0.25, 0.3) is 0 Å². The summed E-state index contributed by atoms with van der Waals surface area (Å²) in [7, 11) is 1.44. The quantitative estimate of drug-likeness (QED) is 0.295. The third-order valence-electron chi connectivity index (χ3n) is 3.84. The number of ether oxygens (including phenoxy) is 2. The number of carbonyl (C=O) groups excluding carboxylic acids is 1. The van der Waals surface area contributed by atoms with E-state index in [1.165, 1.54) is 30.0 Å². The highest BCUT2D eigenvalue weighted by Gasteiger charge is 2.16. The number of rotatable bonds is 6. The molecule has 0 atom stereocenters. The minimum absolute atomic E-state index is 0.156. The van der Waals surface area contributed by atoms with Crippen LogP contribution in [0.2, 0.25) is 0 Å². The van der Waals surface area contributed by atoms with Crippen LogP contribution in [0.1, 0.15) is 28.7 Å². The maximum absolute atomic E-state index is 13.8. The van der Waals surface area contributed by atoms with Gasteiger partial charge in [0.15, 0.2) is 17.3 Å². The molecule has 0 bridgehead atoms. The lowest BCUT2D eigenvalue weighted by Gasteiger charge is -2.10. The molecule has 1 N–H and O–H groups in total.